The molecule has 1 aliphatic heterocycles. The van der Waals surface area contributed by atoms with E-state index in [4.69, 9.17) is 9.47 Å². The van der Waals surface area contributed by atoms with Crippen LogP contribution in [0.25, 0.3) is 0 Å². The molecule has 0 saturated carbocycles. The maximum Gasteiger partial charge on any atom is 0.162 e. The number of methoxy groups -OCH3 is 1. The van der Waals surface area contributed by atoms with E-state index < -0.39 is 0 Å². The Morgan fingerprint density at radius 3 is 3.00 bits per heavy atom. The SMILES string of the molecule is COCc1ccccc1C1CC(=O)C=CO1. The van der Waals surface area contributed by atoms with Crippen LogP contribution < -0.4 is 0 Å². The molecule has 0 bridgehead atoms. The van der Waals surface area contributed by atoms with Crippen molar-refractivity contribution in [3.8, 4) is 0 Å². The number of carbonyl (C=O) groups is 1. The van der Waals surface area contributed by atoms with Gasteiger partial charge in [-0.15, -0.1) is 0 Å². The lowest BCUT2D eigenvalue weighted by atomic mass is 9.98. The summed E-state index contributed by atoms with van der Waals surface area (Å²) in [6, 6.07) is 7.87. The van der Waals surface area contributed by atoms with Gasteiger partial charge in [0.05, 0.1) is 19.3 Å². The first kappa shape index (κ1) is 10.9. The minimum atomic E-state index is -0.177. The Kier molecular flexibility index (Phi) is 3.37. The standard InChI is InChI=1S/C13H14O3/c1-15-9-10-4-2-3-5-12(10)13-8-11(14)6-7-16-13/h2-7,13H,8-9H2,1H3. The smallest absolute Gasteiger partial charge is 0.162 e. The number of rotatable bonds is 3. The van der Waals surface area contributed by atoms with Crippen LogP contribution in [-0.2, 0) is 20.9 Å². The number of benzene rings is 1. The molecule has 1 aliphatic rings. The lowest BCUT2D eigenvalue weighted by Gasteiger charge is -2.21. The van der Waals surface area contributed by atoms with E-state index in [-0.39, 0.29) is 11.9 Å². The number of ketones is 1. The van der Waals surface area contributed by atoms with Crippen LogP contribution in [-0.4, -0.2) is 12.9 Å². The maximum atomic E-state index is 11.3. The molecule has 0 aromatic heterocycles. The first-order valence-corrected chi connectivity index (χ1v) is 5.23. The summed E-state index contributed by atoms with van der Waals surface area (Å²) in [4.78, 5) is 11.3. The van der Waals surface area contributed by atoms with E-state index >= 15 is 0 Å². The average Bonchev–Trinajstić information content (AvgIpc) is 2.30. The van der Waals surface area contributed by atoms with E-state index in [1.54, 1.807) is 7.11 Å². The van der Waals surface area contributed by atoms with Crippen molar-refractivity contribution in [2.24, 2.45) is 0 Å². The summed E-state index contributed by atoms with van der Waals surface area (Å²) in [5, 5.41) is 0. The Balaban J connectivity index is 2.25. The molecule has 0 radical (unpaired) electrons. The fourth-order valence-electron chi connectivity index (χ4n) is 1.83. The maximum absolute atomic E-state index is 11.3. The van der Waals surface area contributed by atoms with Crippen molar-refractivity contribution in [2.75, 3.05) is 7.11 Å². The highest BCUT2D eigenvalue weighted by molar-refractivity contribution is 5.90. The summed E-state index contributed by atoms with van der Waals surface area (Å²) in [6.45, 7) is 0.536. The van der Waals surface area contributed by atoms with Crippen molar-refractivity contribution in [1.29, 1.82) is 0 Å². The minimum Gasteiger partial charge on any atom is -0.493 e. The van der Waals surface area contributed by atoms with Crippen molar-refractivity contribution in [1.82, 2.24) is 0 Å². The Hall–Kier alpha value is -1.61. The van der Waals surface area contributed by atoms with Crippen LogP contribution in [0.5, 0.6) is 0 Å². The van der Waals surface area contributed by atoms with Crippen molar-refractivity contribution in [3.05, 3.63) is 47.7 Å². The molecule has 1 unspecified atom stereocenters. The Bertz CT molecular complexity index is 409. The van der Waals surface area contributed by atoms with Crippen molar-refractivity contribution in [3.63, 3.8) is 0 Å². The van der Waals surface area contributed by atoms with Crippen LogP contribution in [0.1, 0.15) is 23.7 Å². The molecule has 0 N–H and O–H groups in total. The Morgan fingerprint density at radius 2 is 2.25 bits per heavy atom. The second-order valence-corrected chi connectivity index (χ2v) is 3.73. The second-order valence-electron chi connectivity index (χ2n) is 3.73. The van der Waals surface area contributed by atoms with Gasteiger partial charge in [0.15, 0.2) is 5.78 Å². The highest BCUT2D eigenvalue weighted by Crippen LogP contribution is 2.28. The van der Waals surface area contributed by atoms with Crippen LogP contribution in [0.4, 0.5) is 0 Å². The van der Waals surface area contributed by atoms with E-state index in [1.165, 1.54) is 12.3 Å². The molecule has 0 amide bonds. The summed E-state index contributed by atoms with van der Waals surface area (Å²) in [7, 11) is 1.66. The van der Waals surface area contributed by atoms with Gasteiger partial charge < -0.3 is 9.47 Å². The average molecular weight is 218 g/mol. The Morgan fingerprint density at radius 1 is 1.44 bits per heavy atom. The zero-order valence-corrected chi connectivity index (χ0v) is 9.18. The lowest BCUT2D eigenvalue weighted by molar-refractivity contribution is -0.118. The molecular formula is C13H14O3. The van der Waals surface area contributed by atoms with Gasteiger partial charge in [0, 0.05) is 13.2 Å². The van der Waals surface area contributed by atoms with Gasteiger partial charge in [0.1, 0.15) is 6.10 Å². The van der Waals surface area contributed by atoms with Crippen molar-refractivity contribution in [2.45, 2.75) is 19.1 Å². The van der Waals surface area contributed by atoms with Gasteiger partial charge in [-0.3, -0.25) is 4.79 Å². The largest absolute Gasteiger partial charge is 0.493 e. The molecule has 1 aromatic carbocycles. The van der Waals surface area contributed by atoms with Crippen LogP contribution in [0.3, 0.4) is 0 Å². The molecule has 1 aromatic rings. The molecular weight excluding hydrogens is 204 g/mol. The first-order chi connectivity index (χ1) is 7.81. The van der Waals surface area contributed by atoms with Crippen LogP contribution in [0, 0.1) is 0 Å². The lowest BCUT2D eigenvalue weighted by Crippen LogP contribution is -2.13. The van der Waals surface area contributed by atoms with E-state index in [0.717, 1.165) is 11.1 Å². The van der Waals surface area contributed by atoms with E-state index in [9.17, 15) is 4.79 Å². The van der Waals surface area contributed by atoms with Crippen molar-refractivity contribution >= 4 is 5.78 Å². The predicted molar refractivity (Wildman–Crippen MR) is 59.7 cm³/mol. The predicted octanol–water partition coefficient (Wildman–Crippen LogP) is 2.38. The van der Waals surface area contributed by atoms with Gasteiger partial charge in [-0.1, -0.05) is 24.3 Å². The molecule has 0 saturated heterocycles. The summed E-state index contributed by atoms with van der Waals surface area (Å²) in [5.41, 5.74) is 2.10. The number of hydrogen-bond acceptors (Lipinski definition) is 3. The van der Waals surface area contributed by atoms with Crippen LogP contribution in [0.15, 0.2) is 36.6 Å². The minimum absolute atomic E-state index is 0.100. The van der Waals surface area contributed by atoms with Crippen molar-refractivity contribution < 1.29 is 14.3 Å². The molecule has 3 nitrogen and oxygen atoms in total. The zero-order valence-electron chi connectivity index (χ0n) is 9.18. The molecule has 1 atom stereocenters. The Labute approximate surface area is 94.7 Å². The summed E-state index contributed by atoms with van der Waals surface area (Å²) >= 11 is 0. The molecule has 1 heterocycles. The van der Waals surface area contributed by atoms with Crippen LogP contribution >= 0.6 is 0 Å². The third-order valence-corrected chi connectivity index (χ3v) is 2.59. The van der Waals surface area contributed by atoms with Gasteiger partial charge in [-0.2, -0.15) is 0 Å². The molecule has 2 rings (SSSR count). The number of ether oxygens (including phenoxy) is 2. The summed E-state index contributed by atoms with van der Waals surface area (Å²) < 4.78 is 10.6. The number of allylic oxidation sites excluding steroid dienone is 1. The third kappa shape index (κ3) is 2.31. The van der Waals surface area contributed by atoms with E-state index in [1.807, 2.05) is 24.3 Å². The van der Waals surface area contributed by atoms with Gasteiger partial charge in [0.25, 0.3) is 0 Å². The molecule has 0 aliphatic carbocycles. The quantitative estimate of drug-likeness (QED) is 0.781. The number of carbonyl (C=O) groups excluding carboxylic acids is 1. The number of hydrogen-bond donors (Lipinski definition) is 0. The highest BCUT2D eigenvalue weighted by Gasteiger charge is 2.20. The highest BCUT2D eigenvalue weighted by atomic mass is 16.5. The first-order valence-electron chi connectivity index (χ1n) is 5.23. The van der Waals surface area contributed by atoms with E-state index in [2.05, 4.69) is 0 Å². The van der Waals surface area contributed by atoms with Gasteiger partial charge in [0.2, 0.25) is 0 Å². The third-order valence-electron chi connectivity index (χ3n) is 2.59. The molecule has 16 heavy (non-hydrogen) atoms. The fraction of sp³-hybridized carbons (Fsp3) is 0.308. The fourth-order valence-corrected chi connectivity index (χ4v) is 1.83. The van der Waals surface area contributed by atoms with Gasteiger partial charge in [-0.05, 0) is 11.1 Å². The topological polar surface area (TPSA) is 35.5 Å². The normalized spacial score (nSPS) is 19.6. The van der Waals surface area contributed by atoms with E-state index in [0.29, 0.717) is 13.0 Å². The molecule has 84 valence electrons. The monoisotopic (exact) mass is 218 g/mol. The second kappa shape index (κ2) is 4.94. The molecule has 3 heteroatoms. The molecule has 0 spiro atoms. The van der Waals surface area contributed by atoms with Gasteiger partial charge in [-0.25, -0.2) is 0 Å². The zero-order chi connectivity index (χ0) is 11.4. The van der Waals surface area contributed by atoms with Crippen LogP contribution in [0.2, 0.25) is 0 Å². The summed E-state index contributed by atoms with van der Waals surface area (Å²) in [6.07, 6.45) is 3.16. The summed E-state index contributed by atoms with van der Waals surface area (Å²) in [5.74, 6) is 0.100. The van der Waals surface area contributed by atoms with Gasteiger partial charge >= 0.3 is 0 Å². The molecule has 0 fully saturated rings.